The molecular formula is C11H22N2O2. The molecular weight excluding hydrogens is 192 g/mol. The first-order valence-corrected chi connectivity index (χ1v) is 5.03. The zero-order chi connectivity index (χ0) is 12.7. The summed E-state index contributed by atoms with van der Waals surface area (Å²) in [5.41, 5.74) is 0.593. The zero-order valence-electron chi connectivity index (χ0n) is 10.1. The van der Waals surface area contributed by atoms with Gasteiger partial charge in [-0.2, -0.15) is 0 Å². The average Bonchev–Trinajstić information content (AvgIpc) is 2.17. The molecule has 4 heteroatoms. The molecule has 2 N–H and O–H groups in total. The van der Waals surface area contributed by atoms with Crippen LogP contribution in [0, 0.1) is 16.2 Å². The molecule has 0 bridgehead atoms. The topological polar surface area (TPSA) is 81.8 Å². The van der Waals surface area contributed by atoms with Gasteiger partial charge in [-0.1, -0.05) is 47.0 Å². The van der Waals surface area contributed by atoms with Crippen molar-refractivity contribution in [2.45, 2.75) is 53.4 Å². The normalized spacial score (nSPS) is 8.27. The van der Waals surface area contributed by atoms with E-state index in [2.05, 4.69) is 27.7 Å². The minimum absolute atomic E-state index is 0.593. The van der Waals surface area contributed by atoms with Crippen molar-refractivity contribution in [1.82, 2.24) is 0 Å². The van der Waals surface area contributed by atoms with Crippen LogP contribution in [0.1, 0.15) is 53.4 Å². The van der Waals surface area contributed by atoms with E-state index in [0.29, 0.717) is 5.41 Å². The van der Waals surface area contributed by atoms with Gasteiger partial charge in [0.15, 0.2) is 0 Å². The van der Waals surface area contributed by atoms with Gasteiger partial charge in [-0.25, -0.2) is 20.4 Å². The molecule has 0 aromatic heterocycles. The lowest BCUT2D eigenvalue weighted by Crippen LogP contribution is -2.08. The standard InChI is InChI=1S/C9H20.2CHNO/c1-5-7-8-9(3,4)6-2;2*2-1-3/h5-8H2,1-4H3;2*2H. The summed E-state index contributed by atoms with van der Waals surface area (Å²) >= 11 is 0. The zero-order valence-corrected chi connectivity index (χ0v) is 10.1. The Kier molecular flexibility index (Phi) is 19.7. The van der Waals surface area contributed by atoms with E-state index in [9.17, 15) is 0 Å². The summed E-state index contributed by atoms with van der Waals surface area (Å²) in [7, 11) is 0. The number of unbranched alkanes of at least 4 members (excludes halogenated alkanes) is 1. The molecule has 15 heavy (non-hydrogen) atoms. The van der Waals surface area contributed by atoms with Gasteiger partial charge >= 0.3 is 0 Å². The average molecular weight is 214 g/mol. The van der Waals surface area contributed by atoms with Crippen LogP contribution in [0.4, 0.5) is 0 Å². The predicted molar refractivity (Wildman–Crippen MR) is 60.4 cm³/mol. The third kappa shape index (κ3) is 32.3. The van der Waals surface area contributed by atoms with Gasteiger partial charge < -0.3 is 0 Å². The van der Waals surface area contributed by atoms with E-state index in [-0.39, 0.29) is 0 Å². The minimum atomic E-state index is 0.593. The molecule has 0 rings (SSSR count). The maximum Gasteiger partial charge on any atom is 0.231 e. The highest BCUT2D eigenvalue weighted by atomic mass is 16.1. The highest BCUT2D eigenvalue weighted by Gasteiger charge is 2.12. The summed E-state index contributed by atoms with van der Waals surface area (Å²) in [6.45, 7) is 9.23. The van der Waals surface area contributed by atoms with Gasteiger partial charge in [0, 0.05) is 0 Å². The highest BCUT2D eigenvalue weighted by molar-refractivity contribution is 5.26. The molecule has 0 fully saturated rings. The predicted octanol–water partition coefficient (Wildman–Crippen LogP) is 3.41. The first-order valence-electron chi connectivity index (χ1n) is 5.03. The van der Waals surface area contributed by atoms with Crippen LogP contribution >= 0.6 is 0 Å². The van der Waals surface area contributed by atoms with Gasteiger partial charge in [0.2, 0.25) is 12.2 Å². The van der Waals surface area contributed by atoms with Gasteiger partial charge in [0.05, 0.1) is 0 Å². The lowest BCUT2D eigenvalue weighted by Gasteiger charge is -2.21. The summed E-state index contributed by atoms with van der Waals surface area (Å²) in [4.78, 5) is 16.7. The van der Waals surface area contributed by atoms with E-state index in [1.807, 2.05) is 0 Å². The Bertz CT molecular complexity index is 177. The maximum absolute atomic E-state index is 8.35. The Morgan fingerprint density at radius 3 is 1.60 bits per heavy atom. The van der Waals surface area contributed by atoms with Crippen LogP contribution in [0.25, 0.3) is 0 Å². The Morgan fingerprint density at radius 2 is 1.40 bits per heavy atom. The Hall–Kier alpha value is -1.24. The fraction of sp³-hybridized carbons (Fsp3) is 0.818. The van der Waals surface area contributed by atoms with Crippen LogP contribution in [0.3, 0.4) is 0 Å². The molecule has 0 unspecified atom stereocenters. The van der Waals surface area contributed by atoms with Crippen molar-refractivity contribution in [3.05, 3.63) is 0 Å². The minimum Gasteiger partial charge on any atom is -0.222 e. The van der Waals surface area contributed by atoms with Crippen LogP contribution in [0.15, 0.2) is 0 Å². The van der Waals surface area contributed by atoms with Crippen molar-refractivity contribution in [1.29, 1.82) is 10.8 Å². The molecule has 0 spiro atoms. The van der Waals surface area contributed by atoms with E-state index in [0.717, 1.165) is 12.2 Å². The van der Waals surface area contributed by atoms with Gasteiger partial charge in [-0.3, -0.25) is 0 Å². The fourth-order valence-electron chi connectivity index (χ4n) is 0.832. The Morgan fingerprint density at radius 1 is 1.07 bits per heavy atom. The molecule has 0 aromatic carbocycles. The molecule has 0 saturated heterocycles. The third-order valence-corrected chi connectivity index (χ3v) is 2.16. The highest BCUT2D eigenvalue weighted by Crippen LogP contribution is 2.26. The molecule has 0 radical (unpaired) electrons. The van der Waals surface area contributed by atoms with Gasteiger partial charge in [-0.15, -0.1) is 0 Å². The number of isocyanates is 2. The molecule has 0 atom stereocenters. The summed E-state index contributed by atoms with van der Waals surface area (Å²) in [6, 6.07) is 0. The van der Waals surface area contributed by atoms with Crippen molar-refractivity contribution >= 4 is 12.2 Å². The molecule has 4 nitrogen and oxygen atoms in total. The molecule has 0 aromatic rings. The van der Waals surface area contributed by atoms with Crippen molar-refractivity contribution in [3.63, 3.8) is 0 Å². The number of hydrogen-bond acceptors (Lipinski definition) is 4. The van der Waals surface area contributed by atoms with E-state index < -0.39 is 0 Å². The smallest absolute Gasteiger partial charge is 0.222 e. The van der Waals surface area contributed by atoms with E-state index >= 15 is 0 Å². The van der Waals surface area contributed by atoms with Crippen molar-refractivity contribution in [2.24, 2.45) is 5.41 Å². The summed E-state index contributed by atoms with van der Waals surface area (Å²) in [5, 5.41) is 10.8. The SMILES string of the molecule is CCCCC(C)(C)CC.N=C=O.N=C=O. The van der Waals surface area contributed by atoms with Crippen molar-refractivity contribution in [3.8, 4) is 0 Å². The lowest BCUT2D eigenvalue weighted by molar-refractivity contribution is 0.311. The van der Waals surface area contributed by atoms with Crippen molar-refractivity contribution in [2.75, 3.05) is 0 Å². The third-order valence-electron chi connectivity index (χ3n) is 2.16. The van der Waals surface area contributed by atoms with Crippen LogP contribution in [0.5, 0.6) is 0 Å². The van der Waals surface area contributed by atoms with Crippen LogP contribution < -0.4 is 0 Å². The van der Waals surface area contributed by atoms with E-state index in [1.54, 1.807) is 0 Å². The number of rotatable bonds is 4. The second-order valence-corrected chi connectivity index (χ2v) is 3.83. The Balaban J connectivity index is -0.000000200. The molecule has 0 aliphatic carbocycles. The Labute approximate surface area is 92.1 Å². The summed E-state index contributed by atoms with van der Waals surface area (Å²) in [5.74, 6) is 0. The van der Waals surface area contributed by atoms with Gasteiger partial charge in [0.1, 0.15) is 0 Å². The summed E-state index contributed by atoms with van der Waals surface area (Å²) in [6.07, 6.45) is 6.93. The van der Waals surface area contributed by atoms with E-state index in [1.165, 1.54) is 25.7 Å². The second-order valence-electron chi connectivity index (χ2n) is 3.83. The first kappa shape index (κ1) is 19.4. The largest absolute Gasteiger partial charge is 0.231 e. The van der Waals surface area contributed by atoms with E-state index in [4.69, 9.17) is 20.4 Å². The molecule has 0 saturated carbocycles. The van der Waals surface area contributed by atoms with Crippen molar-refractivity contribution < 1.29 is 9.59 Å². The maximum atomic E-state index is 8.35. The molecule has 88 valence electrons. The number of carbonyl (C=O) groups excluding carboxylic acids is 2. The number of hydrogen-bond donors (Lipinski definition) is 2. The van der Waals surface area contributed by atoms with Crippen LogP contribution in [-0.2, 0) is 9.59 Å². The van der Waals surface area contributed by atoms with Gasteiger partial charge in [-0.05, 0) is 11.8 Å². The first-order chi connectivity index (χ1) is 6.95. The van der Waals surface area contributed by atoms with Gasteiger partial charge in [0.25, 0.3) is 0 Å². The lowest BCUT2D eigenvalue weighted by atomic mass is 9.85. The molecule has 0 heterocycles. The fourth-order valence-corrected chi connectivity index (χ4v) is 0.832. The summed E-state index contributed by atoms with van der Waals surface area (Å²) < 4.78 is 0. The number of nitrogens with one attached hydrogen (secondary N) is 2. The molecule has 0 aliphatic rings. The van der Waals surface area contributed by atoms with Crippen LogP contribution in [-0.4, -0.2) is 12.2 Å². The quantitative estimate of drug-likeness (QED) is 0.555. The molecule has 0 aliphatic heterocycles. The monoisotopic (exact) mass is 214 g/mol. The van der Waals surface area contributed by atoms with Crippen LogP contribution in [0.2, 0.25) is 0 Å². The molecule has 0 amide bonds. The second kappa shape index (κ2) is 15.2.